The van der Waals surface area contributed by atoms with Crippen molar-refractivity contribution in [2.75, 3.05) is 0 Å². The largest absolute Gasteiger partial charge is 0.480 e. The number of nitrogens with zero attached hydrogens (tertiary/aromatic N) is 1. The van der Waals surface area contributed by atoms with Crippen LogP contribution in [-0.4, -0.2) is 39.9 Å². The molecule has 27 heavy (non-hydrogen) atoms. The molecule has 8 heteroatoms. The van der Waals surface area contributed by atoms with Gasteiger partial charge in [0.2, 0.25) is 11.8 Å². The molecule has 1 aliphatic heterocycles. The number of hydrogen-bond acceptors (Lipinski definition) is 3. The molecule has 1 aromatic rings. The maximum Gasteiger partial charge on any atom is 0.326 e. The van der Waals surface area contributed by atoms with Crippen molar-refractivity contribution in [2.45, 2.75) is 57.2 Å². The number of carboxylic acids is 1. The van der Waals surface area contributed by atoms with Crippen LogP contribution in [0.3, 0.4) is 0 Å². The van der Waals surface area contributed by atoms with Gasteiger partial charge < -0.3 is 15.3 Å². The summed E-state index contributed by atoms with van der Waals surface area (Å²) in [5.41, 5.74) is 0.292. The highest BCUT2D eigenvalue weighted by molar-refractivity contribution is 6.30. The molecule has 0 radical (unpaired) electrons. The highest BCUT2D eigenvalue weighted by Gasteiger charge is 2.35. The van der Waals surface area contributed by atoms with Crippen molar-refractivity contribution in [1.29, 1.82) is 0 Å². The predicted molar refractivity (Wildman–Crippen MR) is 96.5 cm³/mol. The van der Waals surface area contributed by atoms with E-state index in [9.17, 15) is 23.9 Å². The third-order valence-corrected chi connectivity index (χ3v) is 5.36. The van der Waals surface area contributed by atoms with E-state index in [4.69, 9.17) is 11.6 Å². The van der Waals surface area contributed by atoms with Crippen molar-refractivity contribution in [3.8, 4) is 0 Å². The molecule has 1 saturated carbocycles. The summed E-state index contributed by atoms with van der Waals surface area (Å²) in [6.07, 6.45) is 3.19. The Labute approximate surface area is 161 Å². The Morgan fingerprint density at radius 1 is 1.33 bits per heavy atom. The fourth-order valence-electron chi connectivity index (χ4n) is 3.45. The molecule has 1 aliphatic carbocycles. The molecule has 1 aromatic carbocycles. The minimum absolute atomic E-state index is 0.00235. The number of nitrogens with one attached hydrogen (secondary N) is 1. The Hall–Kier alpha value is -2.15. The van der Waals surface area contributed by atoms with Crippen molar-refractivity contribution in [1.82, 2.24) is 10.2 Å². The van der Waals surface area contributed by atoms with Crippen molar-refractivity contribution in [2.24, 2.45) is 5.92 Å². The molecular formula is C19H22ClFN2O4. The van der Waals surface area contributed by atoms with Gasteiger partial charge in [0.15, 0.2) is 0 Å². The summed E-state index contributed by atoms with van der Waals surface area (Å²) in [5.74, 6) is -1.70. The van der Waals surface area contributed by atoms with Gasteiger partial charge in [-0.15, -0.1) is 0 Å². The van der Waals surface area contributed by atoms with E-state index in [1.165, 1.54) is 23.1 Å². The Morgan fingerprint density at radius 3 is 2.74 bits per heavy atom. The van der Waals surface area contributed by atoms with E-state index in [1.807, 2.05) is 0 Å². The van der Waals surface area contributed by atoms with E-state index in [-0.39, 0.29) is 31.3 Å². The highest BCUT2D eigenvalue weighted by Crippen LogP contribution is 2.33. The summed E-state index contributed by atoms with van der Waals surface area (Å²) in [7, 11) is 0. The Balaban J connectivity index is 1.62. The van der Waals surface area contributed by atoms with E-state index < -0.39 is 23.7 Å². The van der Waals surface area contributed by atoms with Crippen LogP contribution < -0.4 is 5.32 Å². The molecule has 2 N–H and O–H groups in total. The van der Waals surface area contributed by atoms with Gasteiger partial charge in [0.25, 0.3) is 0 Å². The van der Waals surface area contributed by atoms with Crippen LogP contribution >= 0.6 is 11.6 Å². The molecule has 0 unspecified atom stereocenters. The second-order valence-corrected chi connectivity index (χ2v) is 7.73. The van der Waals surface area contributed by atoms with Crippen LogP contribution in [0.4, 0.5) is 4.39 Å². The molecule has 2 aliphatic rings. The molecule has 0 spiro atoms. The van der Waals surface area contributed by atoms with E-state index in [0.29, 0.717) is 29.3 Å². The van der Waals surface area contributed by atoms with Crippen LogP contribution in [0.15, 0.2) is 18.2 Å². The number of aliphatic carboxylic acids is 1. The number of hydrogen-bond donors (Lipinski definition) is 2. The number of benzene rings is 1. The zero-order valence-electron chi connectivity index (χ0n) is 14.8. The van der Waals surface area contributed by atoms with Gasteiger partial charge in [-0.25, -0.2) is 9.18 Å². The van der Waals surface area contributed by atoms with Gasteiger partial charge in [-0.1, -0.05) is 24.4 Å². The van der Waals surface area contributed by atoms with Gasteiger partial charge in [-0.3, -0.25) is 9.59 Å². The van der Waals surface area contributed by atoms with E-state index >= 15 is 0 Å². The first kappa shape index (κ1) is 19.6. The van der Waals surface area contributed by atoms with Crippen LogP contribution in [0.5, 0.6) is 0 Å². The standard InChI is InChI=1S/C19H22ClFN2O4/c20-13-3-5-15(21)12(8-13)10-23-14(4-6-18(23)25)9-17(24)22-16(19(26)27)7-11-1-2-11/h3,5,8,11,14,16H,1-2,4,6-7,9-10H2,(H,22,24)(H,26,27)/t14-,16-/m0/s1. The molecule has 146 valence electrons. The fourth-order valence-corrected chi connectivity index (χ4v) is 3.64. The van der Waals surface area contributed by atoms with E-state index in [0.717, 1.165) is 12.8 Å². The number of halogens is 2. The van der Waals surface area contributed by atoms with Crippen molar-refractivity contribution < 1.29 is 23.9 Å². The highest BCUT2D eigenvalue weighted by atomic mass is 35.5. The van der Waals surface area contributed by atoms with Crippen molar-refractivity contribution in [3.05, 3.63) is 34.6 Å². The van der Waals surface area contributed by atoms with Gasteiger partial charge in [-0.2, -0.15) is 0 Å². The Bertz CT molecular complexity index is 753. The predicted octanol–water partition coefficient (Wildman–Crippen LogP) is 2.73. The molecule has 1 saturated heterocycles. The number of carbonyl (C=O) groups excluding carboxylic acids is 2. The zero-order chi connectivity index (χ0) is 19.6. The summed E-state index contributed by atoms with van der Waals surface area (Å²) < 4.78 is 14.0. The van der Waals surface area contributed by atoms with E-state index in [2.05, 4.69) is 5.32 Å². The second-order valence-electron chi connectivity index (χ2n) is 7.29. The number of carbonyl (C=O) groups is 3. The van der Waals surface area contributed by atoms with Gasteiger partial charge in [0, 0.05) is 36.0 Å². The summed E-state index contributed by atoms with van der Waals surface area (Å²) in [6.45, 7) is 0.0353. The van der Waals surface area contributed by atoms with Crippen molar-refractivity contribution >= 4 is 29.4 Å². The van der Waals surface area contributed by atoms with Crippen LogP contribution in [0, 0.1) is 11.7 Å². The van der Waals surface area contributed by atoms with Gasteiger partial charge >= 0.3 is 5.97 Å². The molecule has 0 bridgehead atoms. The minimum Gasteiger partial charge on any atom is -0.480 e. The van der Waals surface area contributed by atoms with Crippen LogP contribution in [0.25, 0.3) is 0 Å². The summed E-state index contributed by atoms with van der Waals surface area (Å²) >= 11 is 5.90. The lowest BCUT2D eigenvalue weighted by Crippen LogP contribution is -2.44. The molecule has 1 heterocycles. The van der Waals surface area contributed by atoms with Crippen molar-refractivity contribution in [3.63, 3.8) is 0 Å². The Kier molecular flexibility index (Phi) is 5.99. The first-order chi connectivity index (χ1) is 12.8. The first-order valence-corrected chi connectivity index (χ1v) is 9.47. The lowest BCUT2D eigenvalue weighted by molar-refractivity contribution is -0.142. The monoisotopic (exact) mass is 396 g/mol. The number of carboxylic acid groups (broad SMARTS) is 1. The zero-order valence-corrected chi connectivity index (χ0v) is 15.5. The number of amides is 2. The van der Waals surface area contributed by atoms with Crippen LogP contribution in [-0.2, 0) is 20.9 Å². The van der Waals surface area contributed by atoms with Gasteiger partial charge in [0.1, 0.15) is 11.9 Å². The topological polar surface area (TPSA) is 86.7 Å². The third-order valence-electron chi connectivity index (χ3n) is 5.12. The number of likely N-dealkylation sites (tertiary alicyclic amines) is 1. The normalized spacial score (nSPS) is 20.6. The van der Waals surface area contributed by atoms with Gasteiger partial charge in [0.05, 0.1) is 0 Å². The minimum atomic E-state index is -1.05. The second kappa shape index (κ2) is 8.25. The maximum absolute atomic E-state index is 14.0. The Morgan fingerprint density at radius 2 is 2.07 bits per heavy atom. The van der Waals surface area contributed by atoms with Crippen LogP contribution in [0.1, 0.15) is 44.1 Å². The molecule has 2 amide bonds. The summed E-state index contributed by atoms with van der Waals surface area (Å²) in [5, 5.41) is 12.2. The fraction of sp³-hybridized carbons (Fsp3) is 0.526. The molecule has 0 aromatic heterocycles. The SMILES string of the molecule is O=C(C[C@@H]1CCC(=O)N1Cc1cc(Cl)ccc1F)N[C@@H](CC1CC1)C(=O)O. The van der Waals surface area contributed by atoms with E-state index in [1.54, 1.807) is 0 Å². The number of rotatable bonds is 8. The first-order valence-electron chi connectivity index (χ1n) is 9.09. The average molecular weight is 397 g/mol. The van der Waals surface area contributed by atoms with Gasteiger partial charge in [-0.05, 0) is 37.0 Å². The molecular weight excluding hydrogens is 375 g/mol. The van der Waals surface area contributed by atoms with Crippen LogP contribution in [0.2, 0.25) is 5.02 Å². The molecule has 2 fully saturated rings. The molecule has 3 rings (SSSR count). The summed E-state index contributed by atoms with van der Waals surface area (Å²) in [4.78, 5) is 37.3. The lowest BCUT2D eigenvalue weighted by Gasteiger charge is -2.25. The molecule has 6 nitrogen and oxygen atoms in total. The smallest absolute Gasteiger partial charge is 0.326 e. The molecule has 2 atom stereocenters. The maximum atomic E-state index is 14.0. The third kappa shape index (κ3) is 5.19. The summed E-state index contributed by atoms with van der Waals surface area (Å²) in [6, 6.07) is 2.86. The lowest BCUT2D eigenvalue weighted by atomic mass is 10.1. The average Bonchev–Trinajstić information content (AvgIpc) is 3.36. The quantitative estimate of drug-likeness (QED) is 0.707.